The molecule has 2 unspecified atom stereocenters. The van der Waals surface area contributed by atoms with Crippen LogP contribution in [0.2, 0.25) is 0 Å². The third kappa shape index (κ3) is 5.02. The molecular weight excluding hydrogens is 254 g/mol. The zero-order chi connectivity index (χ0) is 14.6. The Hall–Kier alpha value is -0.180. The minimum atomic E-state index is 0.317. The Bertz CT molecular complexity index is 296. The van der Waals surface area contributed by atoms with Crippen molar-refractivity contribution in [1.29, 1.82) is 0 Å². The van der Waals surface area contributed by atoms with Crippen molar-refractivity contribution >= 4 is 18.5 Å². The average Bonchev–Trinajstić information content (AvgIpc) is 2.47. The molecule has 2 atom stereocenters. The summed E-state index contributed by atoms with van der Waals surface area (Å²) < 4.78 is 0. The van der Waals surface area contributed by atoms with Crippen LogP contribution >= 0.6 is 12.6 Å². The fourth-order valence-electron chi connectivity index (χ4n) is 2.86. The highest BCUT2D eigenvalue weighted by molar-refractivity contribution is 7.80. The second-order valence-electron chi connectivity index (χ2n) is 7.42. The van der Waals surface area contributed by atoms with Gasteiger partial charge in [0.2, 0.25) is 5.91 Å². The second kappa shape index (κ2) is 7.01. The van der Waals surface area contributed by atoms with Crippen molar-refractivity contribution in [1.82, 2.24) is 4.90 Å². The minimum absolute atomic E-state index is 0.317. The Morgan fingerprint density at radius 3 is 2.42 bits per heavy atom. The zero-order valence-corrected chi connectivity index (χ0v) is 14.2. The predicted octanol–water partition coefficient (Wildman–Crippen LogP) is 3.86. The molecule has 112 valence electrons. The van der Waals surface area contributed by atoms with Crippen LogP contribution in [0.1, 0.15) is 53.9 Å². The SMILES string of the molecule is CC(C)C(CS)CN1CCC(C(C)(C)C)CCC1=O. The van der Waals surface area contributed by atoms with Crippen molar-refractivity contribution in [3.8, 4) is 0 Å². The number of carbonyl (C=O) groups is 1. The summed E-state index contributed by atoms with van der Waals surface area (Å²) in [5, 5.41) is 0. The fourth-order valence-corrected chi connectivity index (χ4v) is 3.40. The van der Waals surface area contributed by atoms with E-state index in [1.54, 1.807) is 0 Å². The van der Waals surface area contributed by atoms with Crippen LogP contribution in [0.25, 0.3) is 0 Å². The van der Waals surface area contributed by atoms with Crippen LogP contribution in [-0.2, 0) is 4.79 Å². The zero-order valence-electron chi connectivity index (χ0n) is 13.3. The van der Waals surface area contributed by atoms with Crippen molar-refractivity contribution in [2.75, 3.05) is 18.8 Å². The lowest BCUT2D eigenvalue weighted by Crippen LogP contribution is -2.37. The van der Waals surface area contributed by atoms with E-state index in [1.165, 1.54) is 0 Å². The van der Waals surface area contributed by atoms with Crippen molar-refractivity contribution in [3.05, 3.63) is 0 Å². The van der Waals surface area contributed by atoms with Crippen molar-refractivity contribution in [3.63, 3.8) is 0 Å². The van der Waals surface area contributed by atoms with Crippen molar-refractivity contribution in [2.24, 2.45) is 23.2 Å². The highest BCUT2D eigenvalue weighted by Gasteiger charge is 2.30. The lowest BCUT2D eigenvalue weighted by atomic mass is 9.77. The number of nitrogens with zero attached hydrogens (tertiary/aromatic N) is 1. The van der Waals surface area contributed by atoms with E-state index >= 15 is 0 Å². The van der Waals surface area contributed by atoms with Gasteiger partial charge in [0.25, 0.3) is 0 Å². The van der Waals surface area contributed by atoms with E-state index in [2.05, 4.69) is 52.1 Å². The molecule has 19 heavy (non-hydrogen) atoms. The minimum Gasteiger partial charge on any atom is -0.342 e. The summed E-state index contributed by atoms with van der Waals surface area (Å²) in [6.07, 6.45) is 2.91. The number of rotatable bonds is 4. The van der Waals surface area contributed by atoms with Gasteiger partial charge in [0.15, 0.2) is 0 Å². The number of thiol groups is 1. The molecule has 0 aromatic carbocycles. The molecule has 0 aromatic rings. The molecule has 0 aromatic heterocycles. The molecule has 2 nitrogen and oxygen atoms in total. The van der Waals surface area contributed by atoms with Crippen LogP contribution in [0.4, 0.5) is 0 Å². The van der Waals surface area contributed by atoms with E-state index in [1.807, 2.05) is 0 Å². The maximum Gasteiger partial charge on any atom is 0.222 e. The largest absolute Gasteiger partial charge is 0.342 e. The Morgan fingerprint density at radius 2 is 1.95 bits per heavy atom. The van der Waals surface area contributed by atoms with Gasteiger partial charge in [-0.1, -0.05) is 34.6 Å². The molecular formula is C16H31NOS. The topological polar surface area (TPSA) is 20.3 Å². The first-order valence-corrected chi connectivity index (χ1v) is 8.27. The molecule has 0 N–H and O–H groups in total. The van der Waals surface area contributed by atoms with Crippen molar-refractivity contribution < 1.29 is 4.79 Å². The molecule has 1 amide bonds. The van der Waals surface area contributed by atoms with Gasteiger partial charge in [-0.3, -0.25) is 4.79 Å². The molecule has 0 saturated carbocycles. The van der Waals surface area contributed by atoms with E-state index in [9.17, 15) is 4.79 Å². The molecule has 1 heterocycles. The molecule has 1 fully saturated rings. The quantitative estimate of drug-likeness (QED) is 0.778. The maximum absolute atomic E-state index is 12.3. The molecule has 1 saturated heterocycles. The van der Waals surface area contributed by atoms with E-state index in [4.69, 9.17) is 0 Å². The summed E-state index contributed by atoms with van der Waals surface area (Å²) in [6.45, 7) is 13.1. The van der Waals surface area contributed by atoms with Gasteiger partial charge in [0, 0.05) is 19.5 Å². The number of carbonyl (C=O) groups excluding carboxylic acids is 1. The Balaban J connectivity index is 2.63. The highest BCUT2D eigenvalue weighted by Crippen LogP contribution is 2.34. The highest BCUT2D eigenvalue weighted by atomic mass is 32.1. The normalized spacial score (nSPS) is 23.6. The van der Waals surface area contributed by atoms with E-state index in [0.29, 0.717) is 29.1 Å². The molecule has 0 spiro atoms. The van der Waals surface area contributed by atoms with Gasteiger partial charge in [-0.25, -0.2) is 0 Å². The third-order valence-corrected chi connectivity index (χ3v) is 5.13. The third-order valence-electron chi connectivity index (χ3n) is 4.66. The van der Waals surface area contributed by atoms with Gasteiger partial charge < -0.3 is 4.90 Å². The number of amides is 1. The second-order valence-corrected chi connectivity index (χ2v) is 7.78. The van der Waals surface area contributed by atoms with Gasteiger partial charge in [0.05, 0.1) is 0 Å². The first-order valence-electron chi connectivity index (χ1n) is 7.64. The standard InChI is InChI=1S/C16H31NOS/c1-12(2)13(11-19)10-17-9-8-14(16(3,4)5)6-7-15(17)18/h12-14,19H,6-11H2,1-5H3. The Morgan fingerprint density at radius 1 is 1.32 bits per heavy atom. The maximum atomic E-state index is 12.3. The molecule has 0 radical (unpaired) electrons. The van der Waals surface area contributed by atoms with Gasteiger partial charge in [-0.2, -0.15) is 12.6 Å². The monoisotopic (exact) mass is 285 g/mol. The summed E-state index contributed by atoms with van der Waals surface area (Å²) in [6, 6.07) is 0. The number of likely N-dealkylation sites (tertiary alicyclic amines) is 1. The summed E-state index contributed by atoms with van der Waals surface area (Å²) in [5.74, 6) is 2.98. The van der Waals surface area contributed by atoms with Crippen LogP contribution in [0.5, 0.6) is 0 Å². The van der Waals surface area contributed by atoms with Crippen LogP contribution in [0, 0.1) is 23.2 Å². The summed E-state index contributed by atoms with van der Waals surface area (Å²) in [5.41, 5.74) is 0.317. The molecule has 0 bridgehead atoms. The van der Waals surface area contributed by atoms with Gasteiger partial charge in [-0.05, 0) is 41.8 Å². The van der Waals surface area contributed by atoms with Gasteiger partial charge in [-0.15, -0.1) is 0 Å². The lowest BCUT2D eigenvalue weighted by molar-refractivity contribution is -0.131. The molecule has 1 rings (SSSR count). The van der Waals surface area contributed by atoms with Crippen LogP contribution < -0.4 is 0 Å². The van der Waals surface area contributed by atoms with Crippen LogP contribution in [0.3, 0.4) is 0 Å². The first-order chi connectivity index (χ1) is 8.75. The summed E-state index contributed by atoms with van der Waals surface area (Å²) in [7, 11) is 0. The Kier molecular flexibility index (Phi) is 6.22. The van der Waals surface area contributed by atoms with Crippen LogP contribution in [0.15, 0.2) is 0 Å². The first kappa shape index (κ1) is 16.9. The molecule has 0 aliphatic carbocycles. The van der Waals surface area contributed by atoms with E-state index in [-0.39, 0.29) is 0 Å². The molecule has 1 aliphatic heterocycles. The van der Waals surface area contributed by atoms with E-state index < -0.39 is 0 Å². The number of hydrogen-bond donors (Lipinski definition) is 1. The fraction of sp³-hybridized carbons (Fsp3) is 0.938. The summed E-state index contributed by atoms with van der Waals surface area (Å²) >= 11 is 4.44. The average molecular weight is 285 g/mol. The van der Waals surface area contributed by atoms with E-state index in [0.717, 1.165) is 38.1 Å². The lowest BCUT2D eigenvalue weighted by Gasteiger charge is -2.30. The van der Waals surface area contributed by atoms with Gasteiger partial charge in [0.1, 0.15) is 0 Å². The number of hydrogen-bond acceptors (Lipinski definition) is 2. The Labute approximate surface area is 124 Å². The van der Waals surface area contributed by atoms with Gasteiger partial charge >= 0.3 is 0 Å². The van der Waals surface area contributed by atoms with Crippen LogP contribution in [-0.4, -0.2) is 29.6 Å². The van der Waals surface area contributed by atoms with Crippen molar-refractivity contribution in [2.45, 2.75) is 53.9 Å². The molecule has 3 heteroatoms. The summed E-state index contributed by atoms with van der Waals surface area (Å²) in [4.78, 5) is 14.4. The predicted molar refractivity (Wildman–Crippen MR) is 85.6 cm³/mol. The smallest absolute Gasteiger partial charge is 0.222 e. The molecule has 1 aliphatic rings.